The quantitative estimate of drug-likeness (QED) is 0.824. The molecule has 1 N–H and O–H groups in total. The fraction of sp³-hybridized carbons (Fsp3) is 0.762. The number of carbonyl (C=O) groups is 1. The summed E-state index contributed by atoms with van der Waals surface area (Å²) in [7, 11) is 0. The van der Waals surface area contributed by atoms with Gasteiger partial charge in [-0.2, -0.15) is 15.4 Å². The highest BCUT2D eigenvalue weighted by Gasteiger charge is 2.59. The zero-order valence-corrected chi connectivity index (χ0v) is 15.4. The van der Waals surface area contributed by atoms with E-state index in [0.29, 0.717) is 17.1 Å². The van der Waals surface area contributed by atoms with Crippen LogP contribution in [-0.4, -0.2) is 21.2 Å². The van der Waals surface area contributed by atoms with E-state index in [1.807, 2.05) is 12.3 Å². The lowest BCUT2D eigenvalue weighted by Gasteiger charge is -2.58. The Morgan fingerprint density at radius 2 is 1.96 bits per heavy atom. The molecule has 0 spiro atoms. The molecule has 0 unspecified atom stereocenters. The maximum Gasteiger partial charge on any atom is 0.155 e. The van der Waals surface area contributed by atoms with Crippen molar-refractivity contribution in [2.75, 3.05) is 0 Å². The van der Waals surface area contributed by atoms with Gasteiger partial charge in [0.25, 0.3) is 0 Å². The van der Waals surface area contributed by atoms with Crippen molar-refractivity contribution in [1.29, 1.82) is 0 Å². The van der Waals surface area contributed by atoms with Crippen molar-refractivity contribution in [3.63, 3.8) is 0 Å². The number of carbonyl (C=O) groups excluding carboxylic acids is 1. The molecule has 0 aromatic carbocycles. The molecular weight excluding hydrogens is 310 g/mol. The normalized spacial score (nSPS) is 46.2. The maximum atomic E-state index is 11.9. The monoisotopic (exact) mass is 339 g/mol. The van der Waals surface area contributed by atoms with Gasteiger partial charge in [-0.05, 0) is 79.6 Å². The summed E-state index contributed by atoms with van der Waals surface area (Å²) in [4.78, 5) is 11.9. The number of hydrogen-bond acceptors (Lipinski definition) is 3. The number of nitrogens with one attached hydrogen (secondary N) is 1. The molecule has 0 aliphatic heterocycles. The molecule has 6 atom stereocenters. The van der Waals surface area contributed by atoms with E-state index in [1.54, 1.807) is 0 Å². The summed E-state index contributed by atoms with van der Waals surface area (Å²) in [5.41, 5.74) is 3.30. The Morgan fingerprint density at radius 1 is 1.08 bits per heavy atom. The number of hydrogen-bond donors (Lipinski definition) is 1. The van der Waals surface area contributed by atoms with Gasteiger partial charge in [0.2, 0.25) is 0 Å². The summed E-state index contributed by atoms with van der Waals surface area (Å²) in [6.07, 6.45) is 13.4. The minimum absolute atomic E-state index is 0.282. The van der Waals surface area contributed by atoms with Crippen LogP contribution < -0.4 is 0 Å². The van der Waals surface area contributed by atoms with Gasteiger partial charge in [0.05, 0.1) is 11.9 Å². The largest absolute Gasteiger partial charge is 0.295 e. The molecule has 0 bridgehead atoms. The first-order valence-electron chi connectivity index (χ1n) is 10.1. The molecule has 1 aromatic heterocycles. The number of aromatic amines is 1. The van der Waals surface area contributed by atoms with E-state index in [-0.39, 0.29) is 5.41 Å². The maximum absolute atomic E-state index is 11.9. The SMILES string of the molecule is C[C@]12CC[C@H]3[C@@H](CCC4=CC(=O)CC[C@@]43C)[C@@H]1CC[C@H]2c1cn[nH]n1. The minimum atomic E-state index is 0.282. The molecule has 3 fully saturated rings. The van der Waals surface area contributed by atoms with Gasteiger partial charge in [-0.1, -0.05) is 19.4 Å². The molecule has 1 aromatic rings. The van der Waals surface area contributed by atoms with Gasteiger partial charge in [-0.15, -0.1) is 0 Å². The summed E-state index contributed by atoms with van der Waals surface area (Å²) in [5.74, 6) is 3.33. The van der Waals surface area contributed by atoms with Gasteiger partial charge in [0.1, 0.15) is 0 Å². The Morgan fingerprint density at radius 3 is 2.76 bits per heavy atom. The van der Waals surface area contributed by atoms with Crippen molar-refractivity contribution in [1.82, 2.24) is 15.4 Å². The van der Waals surface area contributed by atoms with Gasteiger partial charge in [-0.25, -0.2) is 0 Å². The number of ketones is 1. The Balaban J connectivity index is 1.48. The molecular formula is C21H29N3O. The highest BCUT2D eigenvalue weighted by atomic mass is 16.1. The first-order chi connectivity index (χ1) is 12.0. The standard InChI is InChI=1S/C21H29N3O/c1-20-9-7-14(25)11-13(20)3-4-15-16-5-6-18(19-12-22-24-23-19)21(16,2)10-8-17(15)20/h11-12,15-18H,3-10H2,1-2H3,(H,22,23,24)/t15-,16-,17-,18-,20-,21-/m0/s1. The zero-order valence-electron chi connectivity index (χ0n) is 15.4. The first kappa shape index (κ1) is 15.8. The van der Waals surface area contributed by atoms with Gasteiger partial charge in [0, 0.05) is 12.3 Å². The fourth-order valence-electron chi connectivity index (χ4n) is 7.42. The number of allylic oxidation sites excluding steroid dienone is 1. The van der Waals surface area contributed by atoms with E-state index in [0.717, 1.165) is 37.0 Å². The second-order valence-electron chi connectivity index (χ2n) is 9.54. The fourth-order valence-corrected chi connectivity index (χ4v) is 7.42. The molecule has 4 aliphatic carbocycles. The van der Waals surface area contributed by atoms with Crippen LogP contribution in [0.3, 0.4) is 0 Å². The number of fused-ring (bicyclic) bond motifs is 5. The van der Waals surface area contributed by atoms with Crippen molar-refractivity contribution in [3.05, 3.63) is 23.5 Å². The highest BCUT2D eigenvalue weighted by molar-refractivity contribution is 5.91. The Labute approximate surface area is 149 Å². The van der Waals surface area contributed by atoms with Crippen LogP contribution in [0.2, 0.25) is 0 Å². The van der Waals surface area contributed by atoms with E-state index in [4.69, 9.17) is 0 Å². The van der Waals surface area contributed by atoms with Gasteiger partial charge in [0.15, 0.2) is 5.78 Å². The Kier molecular flexibility index (Phi) is 3.33. The van der Waals surface area contributed by atoms with Crippen molar-refractivity contribution >= 4 is 5.78 Å². The number of nitrogens with zero attached hydrogens (tertiary/aromatic N) is 2. The molecule has 0 saturated heterocycles. The van der Waals surface area contributed by atoms with Crippen molar-refractivity contribution in [2.45, 2.75) is 71.1 Å². The third-order valence-electron chi connectivity index (χ3n) is 8.75. The van der Waals surface area contributed by atoms with Crippen LogP contribution in [0.5, 0.6) is 0 Å². The van der Waals surface area contributed by atoms with Crippen molar-refractivity contribution in [2.24, 2.45) is 28.6 Å². The van der Waals surface area contributed by atoms with Crippen LogP contribution in [-0.2, 0) is 4.79 Å². The number of rotatable bonds is 1. The third-order valence-corrected chi connectivity index (χ3v) is 8.75. The molecule has 25 heavy (non-hydrogen) atoms. The summed E-state index contributed by atoms with van der Waals surface area (Å²) in [6.45, 7) is 4.99. The van der Waals surface area contributed by atoms with Crippen molar-refractivity contribution in [3.8, 4) is 0 Å². The van der Waals surface area contributed by atoms with E-state index in [9.17, 15) is 4.79 Å². The van der Waals surface area contributed by atoms with Gasteiger partial charge < -0.3 is 0 Å². The first-order valence-corrected chi connectivity index (χ1v) is 10.1. The van der Waals surface area contributed by atoms with Crippen LogP contribution in [0.15, 0.2) is 17.8 Å². The second kappa shape index (κ2) is 5.28. The van der Waals surface area contributed by atoms with Crippen molar-refractivity contribution < 1.29 is 4.79 Å². The summed E-state index contributed by atoms with van der Waals surface area (Å²) < 4.78 is 0. The summed E-state index contributed by atoms with van der Waals surface area (Å²) in [6, 6.07) is 0. The molecule has 4 aliphatic rings. The van der Waals surface area contributed by atoms with Crippen LogP contribution in [0.25, 0.3) is 0 Å². The summed E-state index contributed by atoms with van der Waals surface area (Å²) in [5, 5.41) is 11.3. The second-order valence-corrected chi connectivity index (χ2v) is 9.54. The topological polar surface area (TPSA) is 58.6 Å². The van der Waals surface area contributed by atoms with Crippen LogP contribution in [0, 0.1) is 28.6 Å². The lowest BCUT2D eigenvalue weighted by Crippen LogP contribution is -2.50. The predicted octanol–water partition coefficient (Wildman–Crippen LogP) is 4.42. The van der Waals surface area contributed by atoms with Crippen LogP contribution in [0.4, 0.5) is 0 Å². The van der Waals surface area contributed by atoms with Crippen LogP contribution in [0.1, 0.15) is 76.8 Å². The Hall–Kier alpha value is -1.45. The van der Waals surface area contributed by atoms with E-state index >= 15 is 0 Å². The number of H-pyrrole nitrogens is 1. The average molecular weight is 339 g/mol. The zero-order chi connectivity index (χ0) is 17.2. The van der Waals surface area contributed by atoms with E-state index in [2.05, 4.69) is 29.3 Å². The molecule has 3 saturated carbocycles. The molecule has 5 rings (SSSR count). The Bertz CT molecular complexity index is 724. The molecule has 0 radical (unpaired) electrons. The molecule has 1 heterocycles. The van der Waals surface area contributed by atoms with E-state index < -0.39 is 0 Å². The molecule has 4 nitrogen and oxygen atoms in total. The van der Waals surface area contributed by atoms with Gasteiger partial charge >= 0.3 is 0 Å². The molecule has 0 amide bonds. The highest BCUT2D eigenvalue weighted by Crippen LogP contribution is 2.68. The lowest BCUT2D eigenvalue weighted by atomic mass is 9.47. The average Bonchev–Trinajstić information content (AvgIpc) is 3.22. The van der Waals surface area contributed by atoms with Gasteiger partial charge in [-0.3, -0.25) is 4.79 Å². The predicted molar refractivity (Wildman–Crippen MR) is 95.8 cm³/mol. The summed E-state index contributed by atoms with van der Waals surface area (Å²) >= 11 is 0. The van der Waals surface area contributed by atoms with Crippen LogP contribution >= 0.6 is 0 Å². The third kappa shape index (κ3) is 2.09. The lowest BCUT2D eigenvalue weighted by molar-refractivity contribution is -0.117. The molecule has 134 valence electrons. The smallest absolute Gasteiger partial charge is 0.155 e. The number of aromatic nitrogens is 3. The van der Waals surface area contributed by atoms with E-state index in [1.165, 1.54) is 43.4 Å². The molecule has 4 heteroatoms. The minimum Gasteiger partial charge on any atom is -0.295 e.